The van der Waals surface area contributed by atoms with Crippen molar-refractivity contribution in [3.8, 4) is 0 Å². The number of hydrogen-bond acceptors (Lipinski definition) is 2. The predicted molar refractivity (Wildman–Crippen MR) is 67.7 cm³/mol. The van der Waals surface area contributed by atoms with Gasteiger partial charge in [-0.15, -0.1) is 0 Å². The van der Waals surface area contributed by atoms with E-state index in [0.29, 0.717) is 11.8 Å². The van der Waals surface area contributed by atoms with E-state index in [9.17, 15) is 4.39 Å². The molecule has 0 fully saturated rings. The maximum absolute atomic E-state index is 13.1. The molecule has 1 N–H and O–H groups in total. The Morgan fingerprint density at radius 2 is 2.06 bits per heavy atom. The second kappa shape index (κ2) is 4.88. The van der Waals surface area contributed by atoms with E-state index in [1.54, 1.807) is 6.07 Å². The molecule has 0 saturated carbocycles. The Kier molecular flexibility index (Phi) is 3.48. The molecule has 2 nitrogen and oxygen atoms in total. The predicted octanol–water partition coefficient (Wildman–Crippen LogP) is 3.53. The van der Waals surface area contributed by atoms with Crippen LogP contribution in [-0.4, -0.2) is 13.6 Å². The summed E-state index contributed by atoms with van der Waals surface area (Å²) in [6, 6.07) is 6.56. The summed E-state index contributed by atoms with van der Waals surface area (Å²) in [5.41, 5.74) is 0.755. The van der Waals surface area contributed by atoms with Gasteiger partial charge in [-0.1, -0.05) is 13.8 Å². The zero-order chi connectivity index (χ0) is 12.4. The van der Waals surface area contributed by atoms with E-state index in [-0.39, 0.29) is 5.82 Å². The van der Waals surface area contributed by atoms with Gasteiger partial charge < -0.3 is 9.73 Å². The van der Waals surface area contributed by atoms with Crippen LogP contribution in [0.15, 0.2) is 28.7 Å². The Hall–Kier alpha value is -1.35. The lowest BCUT2D eigenvalue weighted by Crippen LogP contribution is -2.20. The van der Waals surface area contributed by atoms with E-state index in [0.717, 1.165) is 23.3 Å². The van der Waals surface area contributed by atoms with E-state index in [2.05, 4.69) is 19.2 Å². The van der Waals surface area contributed by atoms with Gasteiger partial charge in [0.1, 0.15) is 17.2 Å². The average molecular weight is 235 g/mol. The molecule has 2 rings (SSSR count). The topological polar surface area (TPSA) is 25.2 Å². The van der Waals surface area contributed by atoms with Gasteiger partial charge in [0.2, 0.25) is 0 Å². The van der Waals surface area contributed by atoms with E-state index < -0.39 is 0 Å². The molecule has 17 heavy (non-hydrogen) atoms. The van der Waals surface area contributed by atoms with Crippen LogP contribution in [0.1, 0.15) is 25.5 Å². The van der Waals surface area contributed by atoms with Crippen LogP contribution in [0.4, 0.5) is 4.39 Å². The van der Waals surface area contributed by atoms with Crippen LogP contribution in [0.25, 0.3) is 11.0 Å². The summed E-state index contributed by atoms with van der Waals surface area (Å²) in [5, 5.41) is 4.00. The summed E-state index contributed by atoms with van der Waals surface area (Å²) < 4.78 is 18.8. The fourth-order valence-electron chi connectivity index (χ4n) is 2.04. The molecule has 1 heterocycles. The van der Waals surface area contributed by atoms with Gasteiger partial charge in [-0.05, 0) is 43.8 Å². The van der Waals surface area contributed by atoms with Crippen molar-refractivity contribution in [1.82, 2.24) is 5.32 Å². The smallest absolute Gasteiger partial charge is 0.134 e. The fraction of sp³-hybridized carbons (Fsp3) is 0.429. The van der Waals surface area contributed by atoms with Crippen LogP contribution in [-0.2, 0) is 0 Å². The summed E-state index contributed by atoms with van der Waals surface area (Å²) in [4.78, 5) is 0. The van der Waals surface area contributed by atoms with Crippen molar-refractivity contribution in [3.05, 3.63) is 35.8 Å². The Labute approximate surface area is 101 Å². The molecule has 3 heteroatoms. The molecule has 2 unspecified atom stereocenters. The summed E-state index contributed by atoms with van der Waals surface area (Å²) in [6.07, 6.45) is 0. The normalized spacial score (nSPS) is 15.1. The zero-order valence-electron chi connectivity index (χ0n) is 10.5. The van der Waals surface area contributed by atoms with Crippen molar-refractivity contribution in [2.45, 2.75) is 19.8 Å². The lowest BCUT2D eigenvalue weighted by molar-refractivity contribution is 0.400. The first-order chi connectivity index (χ1) is 8.11. The average Bonchev–Trinajstić information content (AvgIpc) is 2.71. The highest BCUT2D eigenvalue weighted by molar-refractivity contribution is 5.78. The number of nitrogens with one attached hydrogen (secondary N) is 1. The highest BCUT2D eigenvalue weighted by Gasteiger charge is 2.17. The number of hydrogen-bond donors (Lipinski definition) is 1. The molecule has 1 aromatic carbocycles. The second-order valence-electron chi connectivity index (χ2n) is 4.65. The molecule has 0 amide bonds. The van der Waals surface area contributed by atoms with Crippen LogP contribution in [0.5, 0.6) is 0 Å². The molecule has 0 radical (unpaired) electrons. The van der Waals surface area contributed by atoms with E-state index >= 15 is 0 Å². The van der Waals surface area contributed by atoms with Crippen molar-refractivity contribution >= 4 is 11.0 Å². The zero-order valence-corrected chi connectivity index (χ0v) is 10.5. The minimum absolute atomic E-state index is 0.222. The largest absolute Gasteiger partial charge is 0.461 e. The van der Waals surface area contributed by atoms with Crippen molar-refractivity contribution in [2.75, 3.05) is 13.6 Å². The number of halogens is 1. The van der Waals surface area contributed by atoms with Crippen LogP contribution in [0.2, 0.25) is 0 Å². The molecule has 0 bridgehead atoms. The fourth-order valence-corrected chi connectivity index (χ4v) is 2.04. The van der Waals surface area contributed by atoms with Crippen LogP contribution < -0.4 is 5.32 Å². The third-order valence-electron chi connectivity index (χ3n) is 3.33. The molecule has 2 aromatic rings. The molecular formula is C14H18FNO. The standard InChI is InChI=1S/C14H18FNO/c1-9(8-16-3)10(2)14-7-11-6-12(15)4-5-13(11)17-14/h4-7,9-10,16H,8H2,1-3H3. The quantitative estimate of drug-likeness (QED) is 0.877. The van der Waals surface area contributed by atoms with Gasteiger partial charge in [0, 0.05) is 11.3 Å². The third-order valence-corrected chi connectivity index (χ3v) is 3.33. The Morgan fingerprint density at radius 1 is 1.29 bits per heavy atom. The maximum Gasteiger partial charge on any atom is 0.134 e. The Morgan fingerprint density at radius 3 is 2.76 bits per heavy atom. The first kappa shape index (κ1) is 12.1. The first-order valence-electron chi connectivity index (χ1n) is 5.95. The molecule has 92 valence electrons. The monoisotopic (exact) mass is 235 g/mol. The summed E-state index contributed by atoms with van der Waals surface area (Å²) in [7, 11) is 1.94. The minimum atomic E-state index is -0.222. The SMILES string of the molecule is CNCC(C)C(C)c1cc2cc(F)ccc2o1. The van der Waals surface area contributed by atoms with E-state index in [4.69, 9.17) is 4.42 Å². The van der Waals surface area contributed by atoms with E-state index in [1.165, 1.54) is 12.1 Å². The van der Waals surface area contributed by atoms with Gasteiger partial charge >= 0.3 is 0 Å². The van der Waals surface area contributed by atoms with Crippen LogP contribution in [0, 0.1) is 11.7 Å². The van der Waals surface area contributed by atoms with Crippen molar-refractivity contribution in [3.63, 3.8) is 0 Å². The number of fused-ring (bicyclic) bond motifs is 1. The molecule has 0 aliphatic rings. The molecule has 2 atom stereocenters. The lowest BCUT2D eigenvalue weighted by Gasteiger charge is -2.16. The molecule has 1 aromatic heterocycles. The number of furan rings is 1. The van der Waals surface area contributed by atoms with Crippen LogP contribution >= 0.6 is 0 Å². The lowest BCUT2D eigenvalue weighted by atomic mass is 9.93. The second-order valence-corrected chi connectivity index (χ2v) is 4.65. The van der Waals surface area contributed by atoms with Gasteiger partial charge in [0.05, 0.1) is 0 Å². The molecule has 0 saturated heterocycles. The van der Waals surface area contributed by atoms with Crippen LogP contribution in [0.3, 0.4) is 0 Å². The highest BCUT2D eigenvalue weighted by Crippen LogP contribution is 2.29. The van der Waals surface area contributed by atoms with Gasteiger partial charge in [0.25, 0.3) is 0 Å². The molecule has 0 aliphatic carbocycles. The third kappa shape index (κ3) is 2.50. The maximum atomic E-state index is 13.1. The molecule has 0 spiro atoms. The summed E-state index contributed by atoms with van der Waals surface area (Å²) in [5.74, 6) is 1.50. The summed E-state index contributed by atoms with van der Waals surface area (Å²) in [6.45, 7) is 5.25. The summed E-state index contributed by atoms with van der Waals surface area (Å²) >= 11 is 0. The number of benzene rings is 1. The van der Waals surface area contributed by atoms with E-state index in [1.807, 2.05) is 13.1 Å². The van der Waals surface area contributed by atoms with Crippen molar-refractivity contribution in [1.29, 1.82) is 0 Å². The van der Waals surface area contributed by atoms with Crippen molar-refractivity contribution < 1.29 is 8.81 Å². The Bertz CT molecular complexity index is 506. The molecule has 0 aliphatic heterocycles. The number of rotatable bonds is 4. The van der Waals surface area contributed by atoms with Gasteiger partial charge in [-0.3, -0.25) is 0 Å². The van der Waals surface area contributed by atoms with Crippen molar-refractivity contribution in [2.24, 2.45) is 5.92 Å². The Balaban J connectivity index is 2.29. The highest BCUT2D eigenvalue weighted by atomic mass is 19.1. The minimum Gasteiger partial charge on any atom is -0.461 e. The first-order valence-corrected chi connectivity index (χ1v) is 5.95. The van der Waals surface area contributed by atoms with Gasteiger partial charge in [-0.25, -0.2) is 4.39 Å². The molecular weight excluding hydrogens is 217 g/mol. The van der Waals surface area contributed by atoms with Gasteiger partial charge in [-0.2, -0.15) is 0 Å². The van der Waals surface area contributed by atoms with Gasteiger partial charge in [0.15, 0.2) is 0 Å².